The summed E-state index contributed by atoms with van der Waals surface area (Å²) in [7, 11) is 0. The average molecular weight is 698 g/mol. The minimum absolute atomic E-state index is 0. The van der Waals surface area contributed by atoms with Gasteiger partial charge < -0.3 is 10.2 Å². The number of nitrogens with zero attached hydrogens (tertiary/aromatic N) is 2. The topological polar surface area (TPSA) is 70.8 Å². The van der Waals surface area contributed by atoms with E-state index in [4.69, 9.17) is 9.98 Å². The summed E-state index contributed by atoms with van der Waals surface area (Å²) in [5.41, 5.74) is 10.2. The summed E-state index contributed by atoms with van der Waals surface area (Å²) in [5, 5.41) is 21.3. The van der Waals surface area contributed by atoms with Crippen molar-refractivity contribution in [3.63, 3.8) is 0 Å². The molecule has 3 aromatic carbocycles. The van der Waals surface area contributed by atoms with Crippen molar-refractivity contribution in [2.75, 3.05) is 0 Å². The Labute approximate surface area is 303 Å². The molecule has 0 unspecified atom stereocenters. The van der Waals surface area contributed by atoms with Gasteiger partial charge in [0.15, 0.2) is 0 Å². The monoisotopic (exact) mass is 696 g/mol. The summed E-state index contributed by atoms with van der Waals surface area (Å²) in [5.74, 6) is -0.823. The van der Waals surface area contributed by atoms with Gasteiger partial charge in [0.2, 0.25) is 0 Å². The third kappa shape index (κ3) is 16.5. The Hall–Kier alpha value is -2.91. The van der Waals surface area contributed by atoms with E-state index in [2.05, 4.69) is 71.0 Å². The molecule has 0 aliphatic rings. The van der Waals surface area contributed by atoms with Crippen LogP contribution in [0.15, 0.2) is 64.6 Å². The molecule has 0 bridgehead atoms. The average Bonchev–Trinajstić information content (AvgIpc) is 3.09. The molecule has 0 N–H and O–H groups in total. The number of aryl methyl sites for hydroxylation is 5. The Kier molecular flexibility index (Phi) is 23.4. The number of hydrogen-bond acceptors (Lipinski definition) is 4. The predicted octanol–water partition coefficient (Wildman–Crippen LogP) is 11.5. The summed E-state index contributed by atoms with van der Waals surface area (Å²) in [6.07, 6.45) is 22.0. The first-order valence-corrected chi connectivity index (χ1v) is 18.7. The standard InChI is InChI=1S/C35H54N2.C8H10O2.Ni/c1-6-11-16-21-35(37-34-25-23-30(18-13-8-3)32(27-34)20-15-10-5)28-36-33-24-22-29(17-12-7-2)31(26-33)19-14-9-4;1-2-6-3-4-7(9)8(10)5-6;/h22-28H,6-21H2,1-5H3;3-5,9-10H,2H2,1H3;/q;;+2/p-2. The molecule has 3 rings (SSSR count). The molecule has 3 aromatic rings. The summed E-state index contributed by atoms with van der Waals surface area (Å²) in [4.78, 5) is 10.1. The molecule has 0 amide bonds. The summed E-state index contributed by atoms with van der Waals surface area (Å²) in [6, 6.07) is 18.1. The Morgan fingerprint density at radius 3 is 1.54 bits per heavy atom. The fourth-order valence-corrected chi connectivity index (χ4v) is 5.59. The molecule has 0 saturated carbocycles. The largest absolute Gasteiger partial charge is 2.00 e. The van der Waals surface area contributed by atoms with E-state index in [1.165, 1.54) is 111 Å². The van der Waals surface area contributed by atoms with E-state index in [0.29, 0.717) is 0 Å². The van der Waals surface area contributed by atoms with Gasteiger partial charge in [0.1, 0.15) is 0 Å². The molecular formula is C43H62N2NiO2. The molecule has 0 aliphatic heterocycles. The van der Waals surface area contributed by atoms with Gasteiger partial charge in [-0.05, 0) is 123 Å². The molecule has 0 radical (unpaired) electrons. The number of unbranched alkanes of at least 4 members (excludes halogenated alkanes) is 6. The predicted molar refractivity (Wildman–Crippen MR) is 201 cm³/mol. The van der Waals surface area contributed by atoms with Gasteiger partial charge >= 0.3 is 16.5 Å². The zero-order valence-corrected chi connectivity index (χ0v) is 31.8. The van der Waals surface area contributed by atoms with E-state index in [1.807, 2.05) is 13.1 Å². The van der Waals surface area contributed by atoms with Gasteiger partial charge in [0.25, 0.3) is 0 Å². The molecule has 4 nitrogen and oxygen atoms in total. The van der Waals surface area contributed by atoms with Gasteiger partial charge in [-0.15, -0.1) is 11.5 Å². The minimum Gasteiger partial charge on any atom is -0.873 e. The first kappa shape index (κ1) is 43.1. The van der Waals surface area contributed by atoms with Crippen LogP contribution in [0.5, 0.6) is 11.5 Å². The Bertz CT molecular complexity index is 1360. The van der Waals surface area contributed by atoms with Crippen LogP contribution in [-0.2, 0) is 48.6 Å². The fraction of sp³-hybridized carbons (Fsp3) is 0.535. The molecule has 0 aliphatic carbocycles. The summed E-state index contributed by atoms with van der Waals surface area (Å²) < 4.78 is 0. The SMILES string of the molecule is CCCCCC(C=Nc1ccc(CCCC)c(CCCC)c1)=Nc1ccc(CCCC)c(CCCC)c1.CCc1ccc([O-])c([O-])c1.[Ni+2]. The van der Waals surface area contributed by atoms with Crippen molar-refractivity contribution >= 4 is 23.3 Å². The first-order chi connectivity index (χ1) is 22.9. The van der Waals surface area contributed by atoms with Gasteiger partial charge in [-0.1, -0.05) is 110 Å². The second-order valence-electron chi connectivity index (χ2n) is 12.8. The van der Waals surface area contributed by atoms with Crippen molar-refractivity contribution in [3.8, 4) is 11.5 Å². The third-order valence-corrected chi connectivity index (χ3v) is 8.67. The second-order valence-corrected chi connectivity index (χ2v) is 12.8. The van der Waals surface area contributed by atoms with E-state index in [9.17, 15) is 10.2 Å². The van der Waals surface area contributed by atoms with Gasteiger partial charge in [-0.25, -0.2) is 0 Å². The van der Waals surface area contributed by atoms with Crippen LogP contribution in [0.1, 0.15) is 146 Å². The molecule has 0 saturated heterocycles. The van der Waals surface area contributed by atoms with Crippen molar-refractivity contribution < 1.29 is 26.7 Å². The van der Waals surface area contributed by atoms with Crippen LogP contribution in [0, 0.1) is 0 Å². The second kappa shape index (κ2) is 26.0. The van der Waals surface area contributed by atoms with E-state index in [0.717, 1.165) is 54.8 Å². The van der Waals surface area contributed by atoms with Crippen LogP contribution in [-0.4, -0.2) is 11.9 Å². The van der Waals surface area contributed by atoms with Gasteiger partial charge in [0, 0.05) is 6.21 Å². The van der Waals surface area contributed by atoms with Crippen molar-refractivity contribution in [1.82, 2.24) is 0 Å². The van der Waals surface area contributed by atoms with Crippen LogP contribution >= 0.6 is 0 Å². The number of aliphatic imine (C=N–C) groups is 2. The maximum atomic E-state index is 10.7. The third-order valence-electron chi connectivity index (χ3n) is 8.67. The maximum Gasteiger partial charge on any atom is 2.00 e. The molecular weight excluding hydrogens is 635 g/mol. The molecule has 0 atom stereocenters. The van der Waals surface area contributed by atoms with Crippen LogP contribution in [0.4, 0.5) is 11.4 Å². The normalized spacial score (nSPS) is 11.3. The number of hydrogen-bond donors (Lipinski definition) is 0. The minimum atomic E-state index is -0.419. The molecule has 0 heterocycles. The van der Waals surface area contributed by atoms with Crippen molar-refractivity contribution in [1.29, 1.82) is 0 Å². The van der Waals surface area contributed by atoms with Gasteiger partial charge in [-0.2, -0.15) is 0 Å². The first-order valence-electron chi connectivity index (χ1n) is 18.7. The number of rotatable bonds is 20. The van der Waals surface area contributed by atoms with Crippen molar-refractivity contribution in [2.24, 2.45) is 9.98 Å². The van der Waals surface area contributed by atoms with E-state index < -0.39 is 11.5 Å². The Balaban J connectivity index is 0.000000892. The quantitative estimate of drug-likeness (QED) is 0.0670. The van der Waals surface area contributed by atoms with Crippen molar-refractivity contribution in [3.05, 3.63) is 82.4 Å². The van der Waals surface area contributed by atoms with Crippen LogP contribution < -0.4 is 10.2 Å². The molecule has 5 heteroatoms. The Morgan fingerprint density at radius 1 is 0.542 bits per heavy atom. The fourth-order valence-electron chi connectivity index (χ4n) is 5.59. The molecule has 266 valence electrons. The number of benzene rings is 3. The molecule has 0 spiro atoms. The van der Waals surface area contributed by atoms with E-state index >= 15 is 0 Å². The summed E-state index contributed by atoms with van der Waals surface area (Å²) in [6.45, 7) is 13.3. The van der Waals surface area contributed by atoms with Crippen LogP contribution in [0.2, 0.25) is 0 Å². The Morgan fingerprint density at radius 2 is 1.04 bits per heavy atom. The zero-order valence-electron chi connectivity index (χ0n) is 30.8. The van der Waals surface area contributed by atoms with Gasteiger partial charge in [-0.3, -0.25) is 9.98 Å². The molecule has 0 aromatic heterocycles. The smallest absolute Gasteiger partial charge is 0.873 e. The van der Waals surface area contributed by atoms with Crippen LogP contribution in [0.3, 0.4) is 0 Å². The van der Waals surface area contributed by atoms with Crippen LogP contribution in [0.25, 0.3) is 0 Å². The maximum absolute atomic E-state index is 10.7. The van der Waals surface area contributed by atoms with E-state index in [-0.39, 0.29) is 16.5 Å². The zero-order chi connectivity index (χ0) is 34.3. The molecule has 48 heavy (non-hydrogen) atoms. The van der Waals surface area contributed by atoms with Crippen molar-refractivity contribution in [2.45, 2.75) is 151 Å². The van der Waals surface area contributed by atoms with E-state index in [1.54, 1.807) is 6.07 Å². The summed E-state index contributed by atoms with van der Waals surface area (Å²) >= 11 is 0. The molecule has 0 fully saturated rings. The van der Waals surface area contributed by atoms with Gasteiger partial charge in [0.05, 0.1) is 17.1 Å².